The van der Waals surface area contributed by atoms with Crippen LogP contribution in [0.25, 0.3) is 0 Å². The molecule has 0 aliphatic heterocycles. The lowest BCUT2D eigenvalue weighted by Crippen LogP contribution is -2.18. The average molecular weight is 392 g/mol. The summed E-state index contributed by atoms with van der Waals surface area (Å²) in [5.74, 6) is -0.264. The first-order valence-electron chi connectivity index (χ1n) is 7.44. The van der Waals surface area contributed by atoms with Crippen LogP contribution in [0.2, 0.25) is 0 Å². The van der Waals surface area contributed by atoms with Gasteiger partial charge in [0.15, 0.2) is 0 Å². The molecule has 136 valence electrons. The standard InChI is InChI=1S/C15H16N6O3S2/c1-9-7-8-25-12(9)13(22)21-14(16)19-15(20-21)18-10-3-5-11(6-4-10)26(23,24)17-2/h3-8,17H,1-2H3,(H3,16,18,19,20). The summed E-state index contributed by atoms with van der Waals surface area (Å²) in [5.41, 5.74) is 7.19. The van der Waals surface area contributed by atoms with E-state index in [1.807, 2.05) is 18.4 Å². The van der Waals surface area contributed by atoms with Crippen LogP contribution in [-0.4, -0.2) is 36.1 Å². The number of thiophene rings is 1. The van der Waals surface area contributed by atoms with Crippen molar-refractivity contribution in [3.05, 3.63) is 46.2 Å². The van der Waals surface area contributed by atoms with Gasteiger partial charge in [0.2, 0.25) is 21.9 Å². The van der Waals surface area contributed by atoms with Crippen LogP contribution in [0.4, 0.5) is 17.6 Å². The molecule has 11 heteroatoms. The molecule has 0 radical (unpaired) electrons. The van der Waals surface area contributed by atoms with Gasteiger partial charge in [-0.25, -0.2) is 13.1 Å². The van der Waals surface area contributed by atoms with Crippen molar-refractivity contribution in [3.63, 3.8) is 0 Å². The largest absolute Gasteiger partial charge is 0.368 e. The maximum absolute atomic E-state index is 12.5. The van der Waals surface area contributed by atoms with Crippen LogP contribution in [-0.2, 0) is 10.0 Å². The summed E-state index contributed by atoms with van der Waals surface area (Å²) < 4.78 is 26.7. The molecular weight excluding hydrogens is 376 g/mol. The van der Waals surface area contributed by atoms with Crippen LogP contribution in [0, 0.1) is 6.92 Å². The number of hydrogen-bond donors (Lipinski definition) is 3. The van der Waals surface area contributed by atoms with E-state index >= 15 is 0 Å². The minimum atomic E-state index is -3.51. The molecule has 9 nitrogen and oxygen atoms in total. The molecule has 0 aliphatic rings. The third-order valence-corrected chi connectivity index (χ3v) is 6.01. The van der Waals surface area contributed by atoms with Gasteiger partial charge in [0.25, 0.3) is 5.91 Å². The fourth-order valence-electron chi connectivity index (χ4n) is 2.18. The lowest BCUT2D eigenvalue weighted by Gasteiger charge is -2.05. The smallest absolute Gasteiger partial charge is 0.291 e. The zero-order chi connectivity index (χ0) is 18.9. The average Bonchev–Trinajstić information content (AvgIpc) is 3.20. The molecule has 0 aliphatic carbocycles. The van der Waals surface area contributed by atoms with Gasteiger partial charge in [-0.15, -0.1) is 16.4 Å². The summed E-state index contributed by atoms with van der Waals surface area (Å²) in [6.45, 7) is 1.83. The minimum absolute atomic E-state index is 0.0420. The summed E-state index contributed by atoms with van der Waals surface area (Å²) >= 11 is 1.30. The summed E-state index contributed by atoms with van der Waals surface area (Å²) in [5, 5.41) is 8.79. The molecule has 0 saturated carbocycles. The normalized spacial score (nSPS) is 11.5. The third kappa shape index (κ3) is 3.45. The molecule has 0 fully saturated rings. The van der Waals surface area contributed by atoms with Gasteiger partial charge >= 0.3 is 0 Å². The van der Waals surface area contributed by atoms with Gasteiger partial charge < -0.3 is 11.1 Å². The molecule has 3 aromatic rings. The molecule has 0 saturated heterocycles. The molecule has 0 bridgehead atoms. The van der Waals surface area contributed by atoms with E-state index in [2.05, 4.69) is 20.1 Å². The Balaban J connectivity index is 1.82. The van der Waals surface area contributed by atoms with Crippen molar-refractivity contribution >= 4 is 44.9 Å². The Morgan fingerprint density at radius 1 is 1.23 bits per heavy atom. The number of carbonyl (C=O) groups is 1. The van der Waals surface area contributed by atoms with E-state index in [0.29, 0.717) is 10.6 Å². The Morgan fingerprint density at radius 3 is 2.50 bits per heavy atom. The Bertz CT molecular complexity index is 1050. The highest BCUT2D eigenvalue weighted by Crippen LogP contribution is 2.20. The van der Waals surface area contributed by atoms with Gasteiger partial charge in [-0.1, -0.05) is 0 Å². The van der Waals surface area contributed by atoms with Crippen molar-refractivity contribution in [2.24, 2.45) is 0 Å². The van der Waals surface area contributed by atoms with E-state index in [-0.39, 0.29) is 22.7 Å². The Kier molecular flexibility index (Phi) is 4.76. The number of carbonyl (C=O) groups excluding carboxylic acids is 1. The van der Waals surface area contributed by atoms with Crippen molar-refractivity contribution in [2.75, 3.05) is 18.1 Å². The molecule has 3 rings (SSSR count). The second-order valence-electron chi connectivity index (χ2n) is 5.30. The van der Waals surface area contributed by atoms with Crippen LogP contribution in [0.5, 0.6) is 0 Å². The summed E-state index contributed by atoms with van der Waals surface area (Å²) in [7, 11) is -2.17. The predicted octanol–water partition coefficient (Wildman–Crippen LogP) is 1.57. The van der Waals surface area contributed by atoms with Gasteiger partial charge in [-0.3, -0.25) is 4.79 Å². The number of hydrogen-bond acceptors (Lipinski definition) is 8. The van der Waals surface area contributed by atoms with Crippen molar-refractivity contribution in [1.82, 2.24) is 19.5 Å². The lowest BCUT2D eigenvalue weighted by molar-refractivity contribution is 0.0951. The van der Waals surface area contributed by atoms with Gasteiger partial charge in [-0.05, 0) is 55.2 Å². The molecule has 2 heterocycles. The van der Waals surface area contributed by atoms with E-state index in [4.69, 9.17) is 5.73 Å². The van der Waals surface area contributed by atoms with Crippen LogP contribution in [0.15, 0.2) is 40.6 Å². The molecular formula is C15H16N6O3S2. The quantitative estimate of drug-likeness (QED) is 0.600. The molecule has 1 aromatic carbocycles. The predicted molar refractivity (Wildman–Crippen MR) is 99.2 cm³/mol. The van der Waals surface area contributed by atoms with Gasteiger partial charge in [0.1, 0.15) is 0 Å². The number of nitrogens with zero attached hydrogens (tertiary/aromatic N) is 3. The van der Waals surface area contributed by atoms with Gasteiger partial charge in [-0.2, -0.15) is 9.67 Å². The maximum Gasteiger partial charge on any atom is 0.291 e. The lowest BCUT2D eigenvalue weighted by atomic mass is 10.3. The number of anilines is 3. The molecule has 2 aromatic heterocycles. The van der Waals surface area contributed by atoms with E-state index < -0.39 is 10.0 Å². The number of nitrogens with two attached hydrogens (primary N) is 1. The Morgan fingerprint density at radius 2 is 1.92 bits per heavy atom. The van der Waals surface area contributed by atoms with E-state index in [0.717, 1.165) is 10.2 Å². The van der Waals surface area contributed by atoms with Crippen molar-refractivity contribution in [1.29, 1.82) is 0 Å². The third-order valence-electron chi connectivity index (χ3n) is 3.57. The summed E-state index contributed by atoms with van der Waals surface area (Å²) in [4.78, 5) is 17.2. The molecule has 0 unspecified atom stereocenters. The number of benzene rings is 1. The first-order valence-corrected chi connectivity index (χ1v) is 9.80. The summed E-state index contributed by atoms with van der Waals surface area (Å²) in [6, 6.07) is 7.84. The summed E-state index contributed by atoms with van der Waals surface area (Å²) in [6.07, 6.45) is 0. The minimum Gasteiger partial charge on any atom is -0.368 e. The highest BCUT2D eigenvalue weighted by atomic mass is 32.2. The zero-order valence-corrected chi connectivity index (χ0v) is 15.6. The first-order chi connectivity index (χ1) is 12.3. The molecule has 0 spiro atoms. The molecule has 0 amide bonds. The molecule has 4 N–H and O–H groups in total. The van der Waals surface area contributed by atoms with E-state index in [1.54, 1.807) is 12.1 Å². The van der Waals surface area contributed by atoms with E-state index in [9.17, 15) is 13.2 Å². The topological polar surface area (TPSA) is 132 Å². The maximum atomic E-state index is 12.5. The van der Waals surface area contributed by atoms with Crippen LogP contribution in [0.3, 0.4) is 0 Å². The van der Waals surface area contributed by atoms with Crippen LogP contribution >= 0.6 is 11.3 Å². The van der Waals surface area contributed by atoms with Crippen molar-refractivity contribution in [2.45, 2.75) is 11.8 Å². The SMILES string of the molecule is CNS(=O)(=O)c1ccc(Nc2nc(N)n(C(=O)c3sccc3C)n2)cc1. The monoisotopic (exact) mass is 392 g/mol. The van der Waals surface area contributed by atoms with Crippen molar-refractivity contribution in [3.8, 4) is 0 Å². The zero-order valence-electron chi connectivity index (χ0n) is 13.9. The number of nitrogens with one attached hydrogen (secondary N) is 2. The fraction of sp³-hybridized carbons (Fsp3) is 0.133. The number of nitrogen functional groups attached to an aromatic ring is 1. The number of rotatable bonds is 5. The van der Waals surface area contributed by atoms with Crippen LogP contribution in [0.1, 0.15) is 15.2 Å². The number of aromatic nitrogens is 3. The first kappa shape index (κ1) is 18.0. The second-order valence-corrected chi connectivity index (χ2v) is 8.10. The van der Waals surface area contributed by atoms with Crippen molar-refractivity contribution < 1.29 is 13.2 Å². The van der Waals surface area contributed by atoms with E-state index in [1.165, 1.54) is 30.5 Å². The number of sulfonamides is 1. The van der Waals surface area contributed by atoms with Gasteiger partial charge in [0, 0.05) is 5.69 Å². The Hall–Kier alpha value is -2.76. The number of aryl methyl sites for hydroxylation is 1. The second kappa shape index (κ2) is 6.86. The fourth-order valence-corrected chi connectivity index (χ4v) is 3.76. The molecule has 26 heavy (non-hydrogen) atoms. The van der Waals surface area contributed by atoms with Crippen LogP contribution < -0.4 is 15.8 Å². The molecule has 0 atom stereocenters. The highest BCUT2D eigenvalue weighted by molar-refractivity contribution is 7.89. The highest BCUT2D eigenvalue weighted by Gasteiger charge is 2.19. The van der Waals surface area contributed by atoms with Gasteiger partial charge in [0.05, 0.1) is 9.77 Å². The Labute approximate surface area is 153 Å².